The largest absolute Gasteiger partial charge is 0.399 e. The Hall–Kier alpha value is -1.23. The van der Waals surface area contributed by atoms with Crippen LogP contribution in [0.1, 0.15) is 33.3 Å². The van der Waals surface area contributed by atoms with Crippen LogP contribution in [0.25, 0.3) is 0 Å². The van der Waals surface area contributed by atoms with Gasteiger partial charge in [0.25, 0.3) is 0 Å². The van der Waals surface area contributed by atoms with Crippen LogP contribution in [-0.2, 0) is 16.4 Å². The molecule has 2 rings (SSSR count). The molecule has 1 heterocycles. The molecule has 0 saturated heterocycles. The number of nitrogens with zero attached hydrogens (tertiary/aromatic N) is 1. The molecular formula is C13H20N2O2S. The molecule has 0 spiro atoms. The van der Waals surface area contributed by atoms with Crippen molar-refractivity contribution in [2.45, 2.75) is 44.9 Å². The molecule has 18 heavy (non-hydrogen) atoms. The quantitative estimate of drug-likeness (QED) is 0.794. The van der Waals surface area contributed by atoms with Crippen LogP contribution in [0.5, 0.6) is 0 Å². The van der Waals surface area contributed by atoms with E-state index >= 15 is 0 Å². The van der Waals surface area contributed by atoms with E-state index in [0.717, 1.165) is 17.7 Å². The summed E-state index contributed by atoms with van der Waals surface area (Å²) < 4.78 is 26.0. The van der Waals surface area contributed by atoms with Gasteiger partial charge in [0.15, 0.2) is 0 Å². The van der Waals surface area contributed by atoms with E-state index in [1.807, 2.05) is 13.0 Å². The fourth-order valence-corrected chi connectivity index (χ4v) is 3.86. The van der Waals surface area contributed by atoms with Crippen molar-refractivity contribution >= 4 is 21.4 Å². The first-order valence-electron chi connectivity index (χ1n) is 6.07. The van der Waals surface area contributed by atoms with Gasteiger partial charge in [-0.3, -0.25) is 4.31 Å². The molecule has 100 valence electrons. The molecule has 5 heteroatoms. The predicted molar refractivity (Wildman–Crippen MR) is 75.2 cm³/mol. The van der Waals surface area contributed by atoms with E-state index in [4.69, 9.17) is 5.73 Å². The van der Waals surface area contributed by atoms with E-state index in [-0.39, 0.29) is 6.04 Å². The lowest BCUT2D eigenvalue weighted by atomic mass is 10.1. The fourth-order valence-electron chi connectivity index (χ4n) is 2.28. The second-order valence-corrected chi connectivity index (χ2v) is 8.42. The standard InChI is InChI=1S/C13H20N2O2S/c1-9-7-10-8-11(14)5-6-12(10)15(9)18(16,17)13(2,3)4/h5-6,8-9H,7,14H2,1-4H3. The Labute approximate surface area is 109 Å². The number of nitrogens with two attached hydrogens (primary N) is 1. The summed E-state index contributed by atoms with van der Waals surface area (Å²) in [5.74, 6) is 0. The third-order valence-corrected chi connectivity index (χ3v) is 5.91. The number of hydrogen-bond acceptors (Lipinski definition) is 3. The van der Waals surface area contributed by atoms with Crippen LogP contribution in [0.15, 0.2) is 18.2 Å². The third-order valence-electron chi connectivity index (χ3n) is 3.29. The average molecular weight is 268 g/mol. The molecule has 0 bridgehead atoms. The van der Waals surface area contributed by atoms with Gasteiger partial charge in [-0.15, -0.1) is 0 Å². The lowest BCUT2D eigenvalue weighted by Crippen LogP contribution is -2.45. The third kappa shape index (κ3) is 1.86. The fraction of sp³-hybridized carbons (Fsp3) is 0.538. The monoisotopic (exact) mass is 268 g/mol. The summed E-state index contributed by atoms with van der Waals surface area (Å²) >= 11 is 0. The summed E-state index contributed by atoms with van der Waals surface area (Å²) in [5, 5.41) is 0. The Morgan fingerprint density at radius 1 is 1.33 bits per heavy atom. The molecule has 1 aromatic rings. The number of anilines is 2. The van der Waals surface area contributed by atoms with E-state index in [9.17, 15) is 8.42 Å². The van der Waals surface area contributed by atoms with Gasteiger partial charge in [0.1, 0.15) is 0 Å². The number of hydrogen-bond donors (Lipinski definition) is 1. The molecule has 0 amide bonds. The maximum Gasteiger partial charge on any atom is 0.240 e. The Balaban J connectivity index is 2.56. The molecule has 4 nitrogen and oxygen atoms in total. The minimum absolute atomic E-state index is 0.0500. The summed E-state index contributed by atoms with van der Waals surface area (Å²) in [7, 11) is -3.36. The zero-order valence-corrected chi connectivity index (χ0v) is 12.1. The normalized spacial score (nSPS) is 20.0. The number of rotatable bonds is 1. The van der Waals surface area contributed by atoms with Gasteiger partial charge >= 0.3 is 0 Å². The van der Waals surface area contributed by atoms with Crippen LogP contribution in [0, 0.1) is 0 Å². The number of benzene rings is 1. The van der Waals surface area contributed by atoms with E-state index in [1.54, 1.807) is 37.2 Å². The van der Waals surface area contributed by atoms with Crippen molar-refractivity contribution in [3.63, 3.8) is 0 Å². The Kier molecular flexibility index (Phi) is 2.85. The molecule has 2 N–H and O–H groups in total. The van der Waals surface area contributed by atoms with Crippen LogP contribution in [-0.4, -0.2) is 19.2 Å². The molecule has 1 unspecified atom stereocenters. The first kappa shape index (κ1) is 13.2. The van der Waals surface area contributed by atoms with Crippen molar-refractivity contribution < 1.29 is 8.42 Å². The maximum atomic E-state index is 12.6. The lowest BCUT2D eigenvalue weighted by Gasteiger charge is -2.31. The predicted octanol–water partition coefficient (Wildman–Crippen LogP) is 2.15. The molecule has 0 radical (unpaired) electrons. The highest BCUT2D eigenvalue weighted by atomic mass is 32.2. The van der Waals surface area contributed by atoms with E-state index in [0.29, 0.717) is 5.69 Å². The Morgan fingerprint density at radius 3 is 2.50 bits per heavy atom. The molecule has 0 aromatic heterocycles. The van der Waals surface area contributed by atoms with Gasteiger partial charge in [-0.05, 0) is 57.9 Å². The van der Waals surface area contributed by atoms with Crippen molar-refractivity contribution in [3.05, 3.63) is 23.8 Å². The molecule has 1 aromatic carbocycles. The molecule has 1 aliphatic rings. The Bertz CT molecular complexity index is 573. The van der Waals surface area contributed by atoms with Crippen molar-refractivity contribution in [3.8, 4) is 0 Å². The number of fused-ring (bicyclic) bond motifs is 1. The van der Waals surface area contributed by atoms with E-state index in [2.05, 4.69) is 0 Å². The van der Waals surface area contributed by atoms with Gasteiger partial charge in [-0.2, -0.15) is 0 Å². The summed E-state index contributed by atoms with van der Waals surface area (Å²) in [4.78, 5) is 0. The van der Waals surface area contributed by atoms with Crippen LogP contribution >= 0.6 is 0 Å². The van der Waals surface area contributed by atoms with Crippen molar-refractivity contribution in [2.75, 3.05) is 10.0 Å². The van der Waals surface area contributed by atoms with Crippen molar-refractivity contribution in [1.29, 1.82) is 0 Å². The maximum absolute atomic E-state index is 12.6. The smallest absolute Gasteiger partial charge is 0.240 e. The highest BCUT2D eigenvalue weighted by Crippen LogP contribution is 2.38. The average Bonchev–Trinajstić information content (AvgIpc) is 2.51. The molecule has 0 saturated carbocycles. The summed E-state index contributed by atoms with van der Waals surface area (Å²) in [6.45, 7) is 7.11. The van der Waals surface area contributed by atoms with Crippen LogP contribution in [0.2, 0.25) is 0 Å². The van der Waals surface area contributed by atoms with Gasteiger partial charge in [-0.1, -0.05) is 0 Å². The van der Waals surface area contributed by atoms with Gasteiger partial charge in [0, 0.05) is 11.7 Å². The highest BCUT2D eigenvalue weighted by Gasteiger charge is 2.41. The summed E-state index contributed by atoms with van der Waals surface area (Å²) in [6, 6.07) is 5.37. The van der Waals surface area contributed by atoms with Crippen molar-refractivity contribution in [2.24, 2.45) is 0 Å². The van der Waals surface area contributed by atoms with Crippen LogP contribution in [0.4, 0.5) is 11.4 Å². The van der Waals surface area contributed by atoms with Crippen molar-refractivity contribution in [1.82, 2.24) is 0 Å². The Morgan fingerprint density at radius 2 is 1.94 bits per heavy atom. The van der Waals surface area contributed by atoms with Gasteiger partial charge in [-0.25, -0.2) is 8.42 Å². The molecule has 1 atom stereocenters. The van der Waals surface area contributed by atoms with Crippen LogP contribution in [0.3, 0.4) is 0 Å². The number of sulfonamides is 1. The molecule has 1 aliphatic heterocycles. The van der Waals surface area contributed by atoms with Gasteiger partial charge in [0.2, 0.25) is 10.0 Å². The highest BCUT2D eigenvalue weighted by molar-refractivity contribution is 7.94. The summed E-state index contributed by atoms with van der Waals surface area (Å²) in [6.07, 6.45) is 0.718. The SMILES string of the molecule is CC1Cc2cc(N)ccc2N1S(=O)(=O)C(C)(C)C. The second-order valence-electron chi connectivity index (χ2n) is 5.85. The topological polar surface area (TPSA) is 63.4 Å². The lowest BCUT2D eigenvalue weighted by molar-refractivity contribution is 0.549. The zero-order valence-electron chi connectivity index (χ0n) is 11.3. The second kappa shape index (κ2) is 3.88. The van der Waals surface area contributed by atoms with Gasteiger partial charge in [0.05, 0.1) is 10.4 Å². The molecule has 0 fully saturated rings. The minimum Gasteiger partial charge on any atom is -0.399 e. The van der Waals surface area contributed by atoms with E-state index < -0.39 is 14.8 Å². The molecule has 0 aliphatic carbocycles. The summed E-state index contributed by atoms with van der Waals surface area (Å²) in [5.41, 5.74) is 8.21. The van der Waals surface area contributed by atoms with E-state index in [1.165, 1.54) is 0 Å². The first-order valence-corrected chi connectivity index (χ1v) is 7.51. The van der Waals surface area contributed by atoms with Crippen LogP contribution < -0.4 is 10.0 Å². The number of nitrogen functional groups attached to an aromatic ring is 1. The zero-order chi connectivity index (χ0) is 13.7. The minimum atomic E-state index is -3.36. The van der Waals surface area contributed by atoms with Gasteiger partial charge < -0.3 is 5.73 Å². The molecular weight excluding hydrogens is 248 g/mol. The first-order chi connectivity index (χ1) is 8.14.